The summed E-state index contributed by atoms with van der Waals surface area (Å²) in [6.45, 7) is 6.49. The van der Waals surface area contributed by atoms with Crippen molar-refractivity contribution >= 4 is 27.8 Å². The van der Waals surface area contributed by atoms with E-state index >= 15 is 0 Å². The fourth-order valence-electron chi connectivity index (χ4n) is 2.15. The smallest absolute Gasteiger partial charge is 0.269 e. The first kappa shape index (κ1) is 20.4. The molecule has 0 spiro atoms. The molecule has 0 amide bonds. The van der Waals surface area contributed by atoms with Crippen molar-refractivity contribution in [2.45, 2.75) is 13.5 Å². The average molecular weight is 435 g/mol. The van der Waals surface area contributed by atoms with Crippen molar-refractivity contribution in [1.82, 2.24) is 0 Å². The van der Waals surface area contributed by atoms with Gasteiger partial charge in [0.15, 0.2) is 11.5 Å². The van der Waals surface area contributed by atoms with E-state index in [1.807, 2.05) is 6.92 Å². The van der Waals surface area contributed by atoms with Crippen LogP contribution in [0.5, 0.6) is 11.5 Å². The predicted molar refractivity (Wildman–Crippen MR) is 106 cm³/mol. The third-order valence-corrected chi connectivity index (χ3v) is 4.03. The minimum absolute atomic E-state index is 0.0132. The molecule has 0 N–H and O–H groups in total. The average Bonchev–Trinajstić information content (AvgIpc) is 2.66. The van der Waals surface area contributed by atoms with Gasteiger partial charge in [-0.25, -0.2) is 0 Å². The van der Waals surface area contributed by atoms with E-state index in [1.54, 1.807) is 30.3 Å². The van der Waals surface area contributed by atoms with Crippen molar-refractivity contribution in [3.05, 3.63) is 74.8 Å². The van der Waals surface area contributed by atoms with Gasteiger partial charge in [0, 0.05) is 22.2 Å². The van der Waals surface area contributed by atoms with Gasteiger partial charge in [-0.3, -0.25) is 10.1 Å². The van der Waals surface area contributed by atoms with Crippen molar-refractivity contribution in [2.75, 3.05) is 13.2 Å². The molecule has 0 heterocycles. The van der Waals surface area contributed by atoms with Gasteiger partial charge in [0.2, 0.25) is 0 Å². The van der Waals surface area contributed by atoms with E-state index in [4.69, 9.17) is 14.3 Å². The second-order valence-electron chi connectivity index (χ2n) is 5.29. The SMILES string of the molecule is C=CCOc1cc(Br)c(/C=N\OCc2cccc([N+](=O)[O-])c2)cc1OCC. The first-order chi connectivity index (χ1) is 13.0. The summed E-state index contributed by atoms with van der Waals surface area (Å²) in [5.41, 5.74) is 1.41. The summed E-state index contributed by atoms with van der Waals surface area (Å²) < 4.78 is 11.9. The van der Waals surface area contributed by atoms with Gasteiger partial charge in [-0.1, -0.05) is 29.9 Å². The Morgan fingerprint density at radius 1 is 1.26 bits per heavy atom. The van der Waals surface area contributed by atoms with Crippen LogP contribution in [0.25, 0.3) is 0 Å². The number of non-ortho nitro benzene ring substituents is 1. The van der Waals surface area contributed by atoms with Gasteiger partial charge < -0.3 is 14.3 Å². The number of oxime groups is 1. The number of ether oxygens (including phenoxy) is 2. The highest BCUT2D eigenvalue weighted by atomic mass is 79.9. The second kappa shape index (κ2) is 10.3. The van der Waals surface area contributed by atoms with Gasteiger partial charge >= 0.3 is 0 Å². The number of nitro groups is 1. The molecule has 0 aliphatic heterocycles. The molecule has 2 rings (SSSR count). The lowest BCUT2D eigenvalue weighted by molar-refractivity contribution is -0.384. The molecule has 8 heteroatoms. The molecule has 7 nitrogen and oxygen atoms in total. The van der Waals surface area contributed by atoms with Crippen molar-refractivity contribution < 1.29 is 19.2 Å². The van der Waals surface area contributed by atoms with Crippen LogP contribution in [-0.2, 0) is 11.4 Å². The van der Waals surface area contributed by atoms with Crippen LogP contribution in [0.2, 0.25) is 0 Å². The van der Waals surface area contributed by atoms with Crippen LogP contribution in [0, 0.1) is 10.1 Å². The minimum atomic E-state index is -0.449. The molecule has 0 fully saturated rings. The van der Waals surface area contributed by atoms with E-state index < -0.39 is 4.92 Å². The van der Waals surface area contributed by atoms with E-state index in [2.05, 4.69) is 27.7 Å². The summed E-state index contributed by atoms with van der Waals surface area (Å²) in [7, 11) is 0. The van der Waals surface area contributed by atoms with E-state index in [-0.39, 0.29) is 12.3 Å². The van der Waals surface area contributed by atoms with Crippen molar-refractivity contribution in [2.24, 2.45) is 5.16 Å². The number of nitrogens with zero attached hydrogens (tertiary/aromatic N) is 2. The largest absolute Gasteiger partial charge is 0.490 e. The zero-order valence-corrected chi connectivity index (χ0v) is 16.3. The molecule has 0 aromatic heterocycles. The number of rotatable bonds is 10. The first-order valence-electron chi connectivity index (χ1n) is 8.13. The summed E-state index contributed by atoms with van der Waals surface area (Å²) in [5, 5.41) is 14.7. The molecule has 0 radical (unpaired) electrons. The maximum Gasteiger partial charge on any atom is 0.269 e. The van der Waals surface area contributed by atoms with Crippen LogP contribution >= 0.6 is 15.9 Å². The van der Waals surface area contributed by atoms with Crippen LogP contribution in [0.15, 0.2) is 58.7 Å². The zero-order chi connectivity index (χ0) is 19.6. The monoisotopic (exact) mass is 434 g/mol. The van der Waals surface area contributed by atoms with Crippen molar-refractivity contribution in [3.63, 3.8) is 0 Å². The molecular weight excluding hydrogens is 416 g/mol. The zero-order valence-electron chi connectivity index (χ0n) is 14.8. The Morgan fingerprint density at radius 3 is 2.74 bits per heavy atom. The van der Waals surface area contributed by atoms with Gasteiger partial charge in [-0.2, -0.15) is 0 Å². The van der Waals surface area contributed by atoms with Crippen molar-refractivity contribution in [1.29, 1.82) is 0 Å². The Morgan fingerprint density at radius 2 is 2.04 bits per heavy atom. The van der Waals surface area contributed by atoms with E-state index in [1.165, 1.54) is 18.3 Å². The summed E-state index contributed by atoms with van der Waals surface area (Å²) in [6.07, 6.45) is 3.18. The first-order valence-corrected chi connectivity index (χ1v) is 8.93. The van der Waals surface area contributed by atoms with Crippen LogP contribution in [0.3, 0.4) is 0 Å². The maximum atomic E-state index is 10.8. The summed E-state index contributed by atoms with van der Waals surface area (Å²) in [5.74, 6) is 1.18. The van der Waals surface area contributed by atoms with E-state index in [0.29, 0.717) is 30.3 Å². The molecule has 2 aromatic carbocycles. The number of nitro benzene ring substituents is 1. The highest BCUT2D eigenvalue weighted by molar-refractivity contribution is 9.10. The third-order valence-electron chi connectivity index (χ3n) is 3.34. The van der Waals surface area contributed by atoms with Crippen LogP contribution in [-0.4, -0.2) is 24.4 Å². The molecule has 0 saturated carbocycles. The highest BCUT2D eigenvalue weighted by Gasteiger charge is 2.10. The molecule has 0 aliphatic rings. The number of halogens is 1. The van der Waals surface area contributed by atoms with Crippen molar-refractivity contribution in [3.8, 4) is 11.5 Å². The lowest BCUT2D eigenvalue weighted by atomic mass is 10.2. The molecule has 0 unspecified atom stereocenters. The lowest BCUT2D eigenvalue weighted by Crippen LogP contribution is -2.00. The van der Waals surface area contributed by atoms with Gasteiger partial charge in [0.25, 0.3) is 5.69 Å². The quantitative estimate of drug-likeness (QED) is 0.230. The molecule has 0 atom stereocenters. The molecule has 0 aliphatic carbocycles. The molecule has 142 valence electrons. The topological polar surface area (TPSA) is 83.2 Å². The lowest BCUT2D eigenvalue weighted by Gasteiger charge is -2.12. The summed E-state index contributed by atoms with van der Waals surface area (Å²) in [6, 6.07) is 9.78. The molecule has 0 bridgehead atoms. The van der Waals surface area contributed by atoms with E-state index in [0.717, 1.165) is 10.0 Å². The normalized spacial score (nSPS) is 10.6. The molecule has 2 aromatic rings. The summed E-state index contributed by atoms with van der Waals surface area (Å²) in [4.78, 5) is 15.6. The van der Waals surface area contributed by atoms with Crippen LogP contribution in [0.4, 0.5) is 5.69 Å². The minimum Gasteiger partial charge on any atom is -0.490 e. The maximum absolute atomic E-state index is 10.8. The second-order valence-corrected chi connectivity index (χ2v) is 6.14. The number of hydrogen-bond donors (Lipinski definition) is 0. The fraction of sp³-hybridized carbons (Fsp3) is 0.211. The van der Waals surface area contributed by atoms with Gasteiger partial charge in [-0.05, 0) is 40.5 Å². The Hall–Kier alpha value is -2.87. The fourth-order valence-corrected chi connectivity index (χ4v) is 2.57. The summed E-state index contributed by atoms with van der Waals surface area (Å²) >= 11 is 3.46. The number of hydrogen-bond acceptors (Lipinski definition) is 6. The number of benzene rings is 2. The Kier molecular flexibility index (Phi) is 7.81. The molecule has 27 heavy (non-hydrogen) atoms. The molecule has 0 saturated heterocycles. The molecular formula is C19H19BrN2O5. The Balaban J connectivity index is 2.07. The van der Waals surface area contributed by atoms with Gasteiger partial charge in [0.1, 0.15) is 13.2 Å². The Bertz CT molecular complexity index is 839. The third kappa shape index (κ3) is 6.10. The van der Waals surface area contributed by atoms with Crippen LogP contribution < -0.4 is 9.47 Å². The van der Waals surface area contributed by atoms with E-state index in [9.17, 15) is 10.1 Å². The Labute approximate surface area is 165 Å². The predicted octanol–water partition coefficient (Wildman–Crippen LogP) is 4.87. The highest BCUT2D eigenvalue weighted by Crippen LogP contribution is 2.33. The van der Waals surface area contributed by atoms with Crippen LogP contribution in [0.1, 0.15) is 18.1 Å². The van der Waals surface area contributed by atoms with Gasteiger partial charge in [0.05, 0.1) is 17.7 Å². The van der Waals surface area contributed by atoms with Gasteiger partial charge in [-0.15, -0.1) is 0 Å². The standard InChI is InChI=1S/C19H19BrN2O5/c1-3-8-26-19-11-17(20)15(10-18(19)25-4-2)12-21-27-13-14-6-5-7-16(9-14)22(23)24/h3,5-7,9-12H,1,4,8,13H2,2H3/b21-12-.